The number of carbonyl (C=O) groups excluding carboxylic acids is 2. The Morgan fingerprint density at radius 2 is 2.14 bits per heavy atom. The average molecular weight is 288 g/mol. The molecule has 0 aliphatic carbocycles. The van der Waals surface area contributed by atoms with Crippen LogP contribution in [-0.4, -0.2) is 31.1 Å². The molecule has 0 radical (unpaired) electrons. The zero-order chi connectivity index (χ0) is 15.1. The van der Waals surface area contributed by atoms with Crippen molar-refractivity contribution in [2.24, 2.45) is 11.7 Å². The van der Waals surface area contributed by atoms with E-state index >= 15 is 0 Å². The number of rotatable bonds is 6. The second-order valence-corrected chi connectivity index (χ2v) is 5.07. The van der Waals surface area contributed by atoms with Crippen LogP contribution in [0.2, 0.25) is 0 Å². The number of hydrogen-bond acceptors (Lipinski definition) is 3. The van der Waals surface area contributed by atoms with E-state index in [2.05, 4.69) is 5.32 Å². The Balaban J connectivity index is 1.88. The molecule has 3 N–H and O–H groups in total. The highest BCUT2D eigenvalue weighted by atomic mass is 16.5. The van der Waals surface area contributed by atoms with Crippen molar-refractivity contribution < 1.29 is 14.3 Å². The summed E-state index contributed by atoms with van der Waals surface area (Å²) in [7, 11) is 0. The molecule has 0 spiro atoms. The molecular weight excluding hydrogens is 268 g/mol. The predicted molar refractivity (Wildman–Crippen MR) is 80.1 cm³/mol. The molecule has 2 atom stereocenters. The van der Waals surface area contributed by atoms with Crippen molar-refractivity contribution >= 4 is 17.9 Å². The van der Waals surface area contributed by atoms with E-state index < -0.39 is 11.9 Å². The van der Waals surface area contributed by atoms with E-state index in [0.717, 1.165) is 5.56 Å². The van der Waals surface area contributed by atoms with E-state index in [1.807, 2.05) is 42.5 Å². The molecular formula is C16H20N2O3. The first-order valence-corrected chi connectivity index (χ1v) is 7.06. The first-order chi connectivity index (χ1) is 10.2. The lowest BCUT2D eigenvalue weighted by Gasteiger charge is -2.16. The maximum Gasteiger partial charge on any atom is 0.240 e. The third kappa shape index (κ3) is 4.72. The minimum Gasteiger partial charge on any atom is -0.381 e. The number of ether oxygens (including phenoxy) is 1. The molecule has 1 fully saturated rings. The Kier molecular flexibility index (Phi) is 5.51. The highest BCUT2D eigenvalue weighted by molar-refractivity contribution is 5.87. The molecule has 1 aliphatic heterocycles. The molecule has 2 amide bonds. The van der Waals surface area contributed by atoms with Crippen molar-refractivity contribution in [3.8, 4) is 0 Å². The van der Waals surface area contributed by atoms with Gasteiger partial charge in [0.05, 0.1) is 12.5 Å². The number of nitrogens with two attached hydrogens (primary N) is 1. The molecule has 2 rings (SSSR count). The van der Waals surface area contributed by atoms with Gasteiger partial charge in [0, 0.05) is 6.61 Å². The van der Waals surface area contributed by atoms with Crippen LogP contribution in [-0.2, 0) is 14.3 Å². The van der Waals surface area contributed by atoms with Gasteiger partial charge in [-0.2, -0.15) is 0 Å². The van der Waals surface area contributed by atoms with E-state index in [4.69, 9.17) is 10.5 Å². The van der Waals surface area contributed by atoms with Gasteiger partial charge in [-0.1, -0.05) is 42.5 Å². The summed E-state index contributed by atoms with van der Waals surface area (Å²) in [5.74, 6) is -0.866. The smallest absolute Gasteiger partial charge is 0.240 e. The fourth-order valence-corrected chi connectivity index (χ4v) is 2.18. The molecule has 5 heteroatoms. The van der Waals surface area contributed by atoms with Crippen LogP contribution in [0.4, 0.5) is 0 Å². The Morgan fingerprint density at radius 1 is 1.38 bits per heavy atom. The van der Waals surface area contributed by atoms with Crippen molar-refractivity contribution in [2.75, 3.05) is 13.2 Å². The van der Waals surface area contributed by atoms with Crippen LogP contribution in [0.25, 0.3) is 6.08 Å². The number of benzene rings is 1. The Hall–Kier alpha value is -2.14. The Labute approximate surface area is 124 Å². The average Bonchev–Trinajstić information content (AvgIpc) is 3.01. The largest absolute Gasteiger partial charge is 0.381 e. The molecule has 0 aromatic heterocycles. The van der Waals surface area contributed by atoms with Crippen LogP contribution in [0, 0.1) is 5.92 Å². The zero-order valence-electron chi connectivity index (χ0n) is 11.8. The van der Waals surface area contributed by atoms with Gasteiger partial charge in [0.2, 0.25) is 11.8 Å². The van der Waals surface area contributed by atoms with Crippen LogP contribution in [0.5, 0.6) is 0 Å². The van der Waals surface area contributed by atoms with Gasteiger partial charge >= 0.3 is 0 Å². The standard InChI is InChI=1S/C16H20N2O3/c17-15(19)14(18-16(20)13-9-10-21-11-13)8-4-7-12-5-2-1-3-6-12/h1-7,13-14H,8-11H2,(H2,17,19)(H,18,20)/b7-4+/t13-,14+/m0/s1. The highest BCUT2D eigenvalue weighted by Crippen LogP contribution is 2.13. The third-order valence-electron chi connectivity index (χ3n) is 3.44. The van der Waals surface area contributed by atoms with Crippen LogP contribution in [0.15, 0.2) is 36.4 Å². The summed E-state index contributed by atoms with van der Waals surface area (Å²) in [4.78, 5) is 23.4. The van der Waals surface area contributed by atoms with Crippen molar-refractivity contribution in [3.63, 3.8) is 0 Å². The van der Waals surface area contributed by atoms with E-state index in [-0.39, 0.29) is 11.8 Å². The van der Waals surface area contributed by atoms with Crippen LogP contribution < -0.4 is 11.1 Å². The topological polar surface area (TPSA) is 81.4 Å². The molecule has 1 saturated heterocycles. The molecule has 5 nitrogen and oxygen atoms in total. The van der Waals surface area contributed by atoms with Gasteiger partial charge in [-0.25, -0.2) is 0 Å². The van der Waals surface area contributed by atoms with E-state index in [1.54, 1.807) is 0 Å². The van der Waals surface area contributed by atoms with Crippen LogP contribution in [0.3, 0.4) is 0 Å². The minimum absolute atomic E-state index is 0.163. The normalized spacial score (nSPS) is 19.5. The third-order valence-corrected chi connectivity index (χ3v) is 3.44. The SMILES string of the molecule is NC(=O)[C@@H](C/C=C/c1ccccc1)NC(=O)[C@H]1CCOC1. The van der Waals surface area contributed by atoms with E-state index in [1.165, 1.54) is 0 Å². The summed E-state index contributed by atoms with van der Waals surface area (Å²) in [6, 6.07) is 9.06. The summed E-state index contributed by atoms with van der Waals surface area (Å²) < 4.78 is 5.17. The molecule has 1 heterocycles. The fraction of sp³-hybridized carbons (Fsp3) is 0.375. The molecule has 112 valence electrons. The van der Waals surface area contributed by atoms with Gasteiger partial charge < -0.3 is 15.8 Å². The predicted octanol–water partition coefficient (Wildman–Crippen LogP) is 1.10. The summed E-state index contributed by atoms with van der Waals surface area (Å²) in [5, 5.41) is 2.70. The van der Waals surface area contributed by atoms with Gasteiger partial charge in [0.25, 0.3) is 0 Å². The number of amides is 2. The maximum absolute atomic E-state index is 12.0. The molecule has 21 heavy (non-hydrogen) atoms. The lowest BCUT2D eigenvalue weighted by Crippen LogP contribution is -2.46. The Bertz CT molecular complexity index is 508. The molecule has 0 unspecified atom stereocenters. The van der Waals surface area contributed by atoms with Crippen LogP contribution >= 0.6 is 0 Å². The van der Waals surface area contributed by atoms with Gasteiger partial charge in [0.1, 0.15) is 6.04 Å². The molecule has 1 aliphatic rings. The summed E-state index contributed by atoms with van der Waals surface area (Å²) >= 11 is 0. The summed E-state index contributed by atoms with van der Waals surface area (Å²) in [5.41, 5.74) is 6.38. The van der Waals surface area contributed by atoms with E-state index in [0.29, 0.717) is 26.1 Å². The highest BCUT2D eigenvalue weighted by Gasteiger charge is 2.26. The quantitative estimate of drug-likeness (QED) is 0.822. The number of nitrogens with one attached hydrogen (secondary N) is 1. The minimum atomic E-state index is -0.682. The molecule has 1 aromatic rings. The first-order valence-electron chi connectivity index (χ1n) is 7.06. The number of carbonyl (C=O) groups is 2. The van der Waals surface area contributed by atoms with Gasteiger partial charge in [0.15, 0.2) is 0 Å². The second kappa shape index (κ2) is 7.59. The van der Waals surface area contributed by atoms with E-state index in [9.17, 15) is 9.59 Å². The first kappa shape index (κ1) is 15.3. The van der Waals surface area contributed by atoms with Crippen molar-refractivity contribution in [1.82, 2.24) is 5.32 Å². The van der Waals surface area contributed by atoms with Gasteiger partial charge in [-0.15, -0.1) is 0 Å². The van der Waals surface area contributed by atoms with Crippen molar-refractivity contribution in [1.29, 1.82) is 0 Å². The lowest BCUT2D eigenvalue weighted by atomic mass is 10.1. The monoisotopic (exact) mass is 288 g/mol. The second-order valence-electron chi connectivity index (χ2n) is 5.07. The summed E-state index contributed by atoms with van der Waals surface area (Å²) in [6.45, 7) is 1.00. The number of primary amides is 1. The molecule has 1 aromatic carbocycles. The van der Waals surface area contributed by atoms with Gasteiger partial charge in [-0.3, -0.25) is 9.59 Å². The lowest BCUT2D eigenvalue weighted by molar-refractivity contribution is -0.129. The molecule has 0 saturated carbocycles. The summed E-state index contributed by atoms with van der Waals surface area (Å²) in [6.07, 6.45) is 4.82. The van der Waals surface area contributed by atoms with Gasteiger partial charge in [-0.05, 0) is 18.4 Å². The van der Waals surface area contributed by atoms with Crippen LogP contribution in [0.1, 0.15) is 18.4 Å². The zero-order valence-corrected chi connectivity index (χ0v) is 11.8. The van der Waals surface area contributed by atoms with Crippen molar-refractivity contribution in [3.05, 3.63) is 42.0 Å². The Morgan fingerprint density at radius 3 is 2.76 bits per heavy atom. The maximum atomic E-state index is 12.0. The fourth-order valence-electron chi connectivity index (χ4n) is 2.18. The van der Waals surface area contributed by atoms with Crippen molar-refractivity contribution in [2.45, 2.75) is 18.9 Å². The number of hydrogen-bond donors (Lipinski definition) is 2. The molecule has 0 bridgehead atoms.